The number of hydrogen-bond acceptors (Lipinski definition) is 3. The molecule has 4 nitrogen and oxygen atoms in total. The summed E-state index contributed by atoms with van der Waals surface area (Å²) in [7, 11) is 0. The highest BCUT2D eigenvalue weighted by molar-refractivity contribution is 5.66. The fourth-order valence-corrected chi connectivity index (χ4v) is 2.03. The zero-order chi connectivity index (χ0) is 18.0. The lowest BCUT2D eigenvalue weighted by molar-refractivity contribution is -0.137. The number of rotatable bonds is 14. The molecule has 0 aliphatic carbocycles. The van der Waals surface area contributed by atoms with Crippen LogP contribution in [0.15, 0.2) is 48.6 Å². The molecule has 0 unspecified atom stereocenters. The number of carboxylic acids is 1. The maximum atomic E-state index is 10.4. The molecule has 0 aromatic carbocycles. The Morgan fingerprint density at radius 1 is 0.833 bits per heavy atom. The highest BCUT2D eigenvalue weighted by Gasteiger charge is 2.14. The van der Waals surface area contributed by atoms with E-state index in [0.717, 1.165) is 25.7 Å². The summed E-state index contributed by atoms with van der Waals surface area (Å²) in [6, 6.07) is 0. The molecule has 0 heterocycles. The van der Waals surface area contributed by atoms with Gasteiger partial charge in [-0.2, -0.15) is 0 Å². The fourth-order valence-electron chi connectivity index (χ4n) is 2.03. The van der Waals surface area contributed by atoms with Gasteiger partial charge in [0.2, 0.25) is 0 Å². The Labute approximate surface area is 145 Å². The predicted octanol–water partition coefficient (Wildman–Crippen LogP) is 4.16. The molecule has 0 spiro atoms. The standard InChI is InChI=1S/C20H32O4/c1-2-3-4-5-6-7-8-9-10-11-12-13-15-18(21)19(22)16-14-17-20(23)24/h3-4,6-7,9-10,12-13,18-19,21-22H,2,5,8,11,14-17H2,1H3,(H,23,24)/b4-3-,7-6-,10-9-,13-12-/t18-,19+/m0/s1. The first-order chi connectivity index (χ1) is 11.6. The summed E-state index contributed by atoms with van der Waals surface area (Å²) in [5, 5.41) is 28.0. The molecule has 0 bridgehead atoms. The first-order valence-electron chi connectivity index (χ1n) is 8.75. The number of carbonyl (C=O) groups is 1. The van der Waals surface area contributed by atoms with Crippen LogP contribution in [0.2, 0.25) is 0 Å². The van der Waals surface area contributed by atoms with E-state index in [-0.39, 0.29) is 6.42 Å². The van der Waals surface area contributed by atoms with Crippen molar-refractivity contribution in [3.05, 3.63) is 48.6 Å². The van der Waals surface area contributed by atoms with Gasteiger partial charge in [-0.3, -0.25) is 4.79 Å². The summed E-state index contributed by atoms with van der Waals surface area (Å²) in [4.78, 5) is 10.4. The van der Waals surface area contributed by atoms with Crippen molar-refractivity contribution in [1.29, 1.82) is 0 Å². The summed E-state index contributed by atoms with van der Waals surface area (Å²) in [5.74, 6) is -0.879. The number of allylic oxidation sites excluding steroid dienone is 7. The van der Waals surface area contributed by atoms with Crippen molar-refractivity contribution in [3.8, 4) is 0 Å². The van der Waals surface area contributed by atoms with Crippen LogP contribution in [-0.4, -0.2) is 33.5 Å². The van der Waals surface area contributed by atoms with E-state index in [9.17, 15) is 15.0 Å². The van der Waals surface area contributed by atoms with Crippen LogP contribution in [0.1, 0.15) is 58.3 Å². The maximum absolute atomic E-state index is 10.4. The third-order valence-corrected chi connectivity index (χ3v) is 3.43. The van der Waals surface area contributed by atoms with Gasteiger partial charge in [-0.05, 0) is 44.9 Å². The average Bonchev–Trinajstić information content (AvgIpc) is 2.55. The Balaban J connectivity index is 3.70. The van der Waals surface area contributed by atoms with Gasteiger partial charge in [-0.1, -0.05) is 55.5 Å². The number of carboxylic acid groups (broad SMARTS) is 1. The molecular formula is C20H32O4. The van der Waals surface area contributed by atoms with Crippen LogP contribution in [0.5, 0.6) is 0 Å². The predicted molar refractivity (Wildman–Crippen MR) is 98.8 cm³/mol. The van der Waals surface area contributed by atoms with E-state index in [1.54, 1.807) is 0 Å². The molecule has 0 saturated heterocycles. The van der Waals surface area contributed by atoms with Gasteiger partial charge in [0.05, 0.1) is 12.2 Å². The fraction of sp³-hybridized carbons (Fsp3) is 0.550. The van der Waals surface area contributed by atoms with Crippen molar-refractivity contribution in [3.63, 3.8) is 0 Å². The molecule has 0 aromatic rings. The van der Waals surface area contributed by atoms with Crippen LogP contribution in [0.25, 0.3) is 0 Å². The molecular weight excluding hydrogens is 304 g/mol. The number of hydrogen-bond donors (Lipinski definition) is 3. The molecule has 0 fully saturated rings. The number of aliphatic carboxylic acids is 1. The molecule has 2 atom stereocenters. The van der Waals surface area contributed by atoms with Gasteiger partial charge in [0.25, 0.3) is 0 Å². The topological polar surface area (TPSA) is 77.8 Å². The molecule has 0 aliphatic rings. The normalized spacial score (nSPS) is 15.1. The van der Waals surface area contributed by atoms with Crippen molar-refractivity contribution < 1.29 is 20.1 Å². The molecule has 0 aromatic heterocycles. The Morgan fingerprint density at radius 2 is 1.33 bits per heavy atom. The zero-order valence-electron chi connectivity index (χ0n) is 14.7. The summed E-state index contributed by atoms with van der Waals surface area (Å²) in [6.07, 6.45) is 19.7. The van der Waals surface area contributed by atoms with Crippen molar-refractivity contribution in [1.82, 2.24) is 0 Å². The monoisotopic (exact) mass is 336 g/mol. The average molecular weight is 336 g/mol. The summed E-state index contributed by atoms with van der Waals surface area (Å²) in [5.41, 5.74) is 0. The minimum atomic E-state index is -0.879. The second-order valence-electron chi connectivity index (χ2n) is 5.66. The van der Waals surface area contributed by atoms with Crippen LogP contribution in [0.3, 0.4) is 0 Å². The van der Waals surface area contributed by atoms with Crippen LogP contribution < -0.4 is 0 Å². The van der Waals surface area contributed by atoms with Gasteiger partial charge in [-0.15, -0.1) is 0 Å². The van der Waals surface area contributed by atoms with E-state index >= 15 is 0 Å². The quantitative estimate of drug-likeness (QED) is 0.416. The Morgan fingerprint density at radius 3 is 1.83 bits per heavy atom. The van der Waals surface area contributed by atoms with Gasteiger partial charge < -0.3 is 15.3 Å². The SMILES string of the molecule is CC/C=C\C/C=C\C/C=C\C/C=C\C[C@H](O)[C@H](O)CCCC(=O)O. The third kappa shape index (κ3) is 15.3. The summed E-state index contributed by atoms with van der Waals surface area (Å²) < 4.78 is 0. The Bertz CT molecular complexity index is 421. The second-order valence-corrected chi connectivity index (χ2v) is 5.66. The molecule has 0 radical (unpaired) electrons. The van der Waals surface area contributed by atoms with E-state index < -0.39 is 18.2 Å². The van der Waals surface area contributed by atoms with Crippen LogP contribution in [0, 0.1) is 0 Å². The van der Waals surface area contributed by atoms with E-state index in [2.05, 4.69) is 43.4 Å². The zero-order valence-corrected chi connectivity index (χ0v) is 14.7. The first kappa shape index (κ1) is 22.4. The van der Waals surface area contributed by atoms with Gasteiger partial charge in [0.15, 0.2) is 0 Å². The highest BCUT2D eigenvalue weighted by Crippen LogP contribution is 2.09. The molecule has 0 amide bonds. The van der Waals surface area contributed by atoms with Crippen molar-refractivity contribution in [2.75, 3.05) is 0 Å². The molecule has 0 rings (SSSR count). The van der Waals surface area contributed by atoms with Crippen molar-refractivity contribution >= 4 is 5.97 Å². The minimum absolute atomic E-state index is 0.0216. The van der Waals surface area contributed by atoms with E-state index in [1.165, 1.54) is 0 Å². The lowest BCUT2D eigenvalue weighted by Crippen LogP contribution is -2.25. The molecule has 24 heavy (non-hydrogen) atoms. The molecule has 0 saturated carbocycles. The van der Waals surface area contributed by atoms with Gasteiger partial charge in [0, 0.05) is 6.42 Å². The minimum Gasteiger partial charge on any atom is -0.481 e. The Hall–Kier alpha value is -1.65. The van der Waals surface area contributed by atoms with E-state index in [1.807, 2.05) is 12.2 Å². The lowest BCUT2D eigenvalue weighted by Gasteiger charge is -2.15. The smallest absolute Gasteiger partial charge is 0.303 e. The first-order valence-corrected chi connectivity index (χ1v) is 8.75. The highest BCUT2D eigenvalue weighted by atomic mass is 16.4. The largest absolute Gasteiger partial charge is 0.481 e. The van der Waals surface area contributed by atoms with Crippen molar-refractivity contribution in [2.24, 2.45) is 0 Å². The number of aliphatic hydroxyl groups is 2. The van der Waals surface area contributed by atoms with Crippen LogP contribution in [-0.2, 0) is 4.79 Å². The van der Waals surface area contributed by atoms with Gasteiger partial charge in [-0.25, -0.2) is 0 Å². The molecule has 4 heteroatoms. The summed E-state index contributed by atoms with van der Waals surface area (Å²) >= 11 is 0. The number of aliphatic hydroxyl groups excluding tert-OH is 2. The molecule has 3 N–H and O–H groups in total. The molecule has 0 aliphatic heterocycles. The molecule has 136 valence electrons. The van der Waals surface area contributed by atoms with Gasteiger partial charge >= 0.3 is 5.97 Å². The van der Waals surface area contributed by atoms with E-state index in [4.69, 9.17) is 5.11 Å². The van der Waals surface area contributed by atoms with Gasteiger partial charge in [0.1, 0.15) is 0 Å². The van der Waals surface area contributed by atoms with Crippen LogP contribution in [0.4, 0.5) is 0 Å². The second kappa shape index (κ2) is 16.2. The van der Waals surface area contributed by atoms with Crippen molar-refractivity contribution in [2.45, 2.75) is 70.5 Å². The van der Waals surface area contributed by atoms with E-state index in [0.29, 0.717) is 19.3 Å². The van der Waals surface area contributed by atoms with Crippen LogP contribution >= 0.6 is 0 Å². The lowest BCUT2D eigenvalue weighted by atomic mass is 10.0. The third-order valence-electron chi connectivity index (χ3n) is 3.43. The Kier molecular flexibility index (Phi) is 15.1. The maximum Gasteiger partial charge on any atom is 0.303 e. The summed E-state index contributed by atoms with van der Waals surface area (Å²) in [6.45, 7) is 2.12.